The zero-order valence-corrected chi connectivity index (χ0v) is 6.36. The average molecular weight is 161 g/mol. The van der Waals surface area contributed by atoms with E-state index in [9.17, 15) is 0 Å². The van der Waals surface area contributed by atoms with Gasteiger partial charge in [-0.25, -0.2) is 0 Å². The van der Waals surface area contributed by atoms with Crippen molar-refractivity contribution in [2.75, 3.05) is 6.61 Å². The Morgan fingerprint density at radius 3 is 3.08 bits per heavy atom. The average Bonchev–Trinajstić information content (AvgIpc) is 2.17. The van der Waals surface area contributed by atoms with Crippen LogP contribution in [0.25, 0.3) is 0 Å². The van der Waals surface area contributed by atoms with Gasteiger partial charge in [0.05, 0.1) is 6.07 Å². The Kier molecular flexibility index (Phi) is 1.69. The minimum atomic E-state index is -0.199. The molecule has 1 aliphatic rings. The molecular formula is C9H7NO2. The second kappa shape index (κ2) is 2.84. The Morgan fingerprint density at radius 2 is 2.25 bits per heavy atom. The van der Waals surface area contributed by atoms with Gasteiger partial charge in [-0.15, -0.1) is 0 Å². The van der Waals surface area contributed by atoms with Crippen molar-refractivity contribution >= 4 is 0 Å². The van der Waals surface area contributed by atoms with Gasteiger partial charge in [0.2, 0.25) is 0 Å². The summed E-state index contributed by atoms with van der Waals surface area (Å²) in [6.07, 6.45) is 0. The molecule has 0 radical (unpaired) electrons. The van der Waals surface area contributed by atoms with Crippen LogP contribution in [0, 0.1) is 11.3 Å². The van der Waals surface area contributed by atoms with E-state index in [1.54, 1.807) is 6.07 Å². The van der Waals surface area contributed by atoms with E-state index in [2.05, 4.69) is 6.07 Å². The quantitative estimate of drug-likeness (QED) is 0.543. The Bertz CT molecular complexity index is 330. The van der Waals surface area contributed by atoms with Gasteiger partial charge in [-0.2, -0.15) is 10.1 Å². The maximum Gasteiger partial charge on any atom is 0.170 e. The first-order valence-electron chi connectivity index (χ1n) is 3.70. The van der Waals surface area contributed by atoms with Crippen LogP contribution in [0.1, 0.15) is 11.5 Å². The lowest BCUT2D eigenvalue weighted by Crippen LogP contribution is -2.15. The highest BCUT2D eigenvalue weighted by molar-refractivity contribution is 5.39. The summed E-state index contributed by atoms with van der Waals surface area (Å²) in [5.41, 5.74) is 0.909. The van der Waals surface area contributed by atoms with Gasteiger partial charge in [0.25, 0.3) is 0 Å². The van der Waals surface area contributed by atoms with Gasteiger partial charge in [0.1, 0.15) is 12.5 Å². The Morgan fingerprint density at radius 1 is 1.42 bits per heavy atom. The van der Waals surface area contributed by atoms with Crippen molar-refractivity contribution in [3.05, 3.63) is 29.8 Å². The first-order chi connectivity index (χ1) is 5.92. The Hall–Kier alpha value is -1.53. The fourth-order valence-corrected chi connectivity index (χ4v) is 1.21. The molecule has 0 fully saturated rings. The van der Waals surface area contributed by atoms with Crippen LogP contribution in [0.15, 0.2) is 24.3 Å². The van der Waals surface area contributed by atoms with Gasteiger partial charge in [-0.1, -0.05) is 18.2 Å². The molecule has 0 bridgehead atoms. The van der Waals surface area contributed by atoms with Gasteiger partial charge in [-0.3, -0.25) is 0 Å². The number of hydrogen-bond donors (Lipinski definition) is 0. The predicted molar refractivity (Wildman–Crippen MR) is 41.4 cm³/mol. The second-order valence-corrected chi connectivity index (χ2v) is 2.59. The molecule has 0 N–H and O–H groups in total. The van der Waals surface area contributed by atoms with E-state index in [0.717, 1.165) is 5.56 Å². The third kappa shape index (κ3) is 1.03. The minimum Gasteiger partial charge on any atom is -0.337 e. The smallest absolute Gasteiger partial charge is 0.170 e. The number of hydrogen-bond acceptors (Lipinski definition) is 3. The molecule has 3 heteroatoms. The van der Waals surface area contributed by atoms with E-state index < -0.39 is 0 Å². The summed E-state index contributed by atoms with van der Waals surface area (Å²) in [6, 6.07) is 9.56. The SMILES string of the molecule is N#CC1COOc2ccccc21. The summed E-state index contributed by atoms with van der Waals surface area (Å²) in [7, 11) is 0. The van der Waals surface area contributed by atoms with Crippen LogP contribution in [0.4, 0.5) is 0 Å². The molecule has 0 saturated heterocycles. The van der Waals surface area contributed by atoms with E-state index in [4.69, 9.17) is 15.0 Å². The largest absolute Gasteiger partial charge is 0.337 e. The van der Waals surface area contributed by atoms with Gasteiger partial charge < -0.3 is 4.89 Å². The summed E-state index contributed by atoms with van der Waals surface area (Å²) >= 11 is 0. The fraction of sp³-hybridized carbons (Fsp3) is 0.222. The molecular weight excluding hydrogens is 154 g/mol. The maximum absolute atomic E-state index is 8.75. The van der Waals surface area contributed by atoms with Crippen LogP contribution in [0.2, 0.25) is 0 Å². The minimum absolute atomic E-state index is 0.199. The number of nitriles is 1. The molecule has 3 nitrogen and oxygen atoms in total. The second-order valence-electron chi connectivity index (χ2n) is 2.59. The Labute approximate surface area is 70.1 Å². The summed E-state index contributed by atoms with van der Waals surface area (Å²) in [5, 5.41) is 8.75. The fourth-order valence-electron chi connectivity index (χ4n) is 1.21. The standard InChI is InChI=1S/C9H7NO2/c10-5-7-6-11-12-9-4-2-1-3-8(7)9/h1-4,7H,6H2. The normalized spacial score (nSPS) is 20.4. The third-order valence-electron chi connectivity index (χ3n) is 1.83. The molecule has 0 aromatic heterocycles. The van der Waals surface area contributed by atoms with E-state index in [1.807, 2.05) is 18.2 Å². The molecule has 1 heterocycles. The van der Waals surface area contributed by atoms with E-state index >= 15 is 0 Å². The molecule has 1 aliphatic heterocycles. The zero-order chi connectivity index (χ0) is 8.39. The molecule has 0 saturated carbocycles. The van der Waals surface area contributed by atoms with Crippen molar-refractivity contribution in [2.24, 2.45) is 0 Å². The molecule has 12 heavy (non-hydrogen) atoms. The van der Waals surface area contributed by atoms with Crippen molar-refractivity contribution in [1.82, 2.24) is 0 Å². The van der Waals surface area contributed by atoms with Crippen molar-refractivity contribution in [3.63, 3.8) is 0 Å². The summed E-state index contributed by atoms with van der Waals surface area (Å²) in [5.74, 6) is 0.449. The van der Waals surface area contributed by atoms with Crippen molar-refractivity contribution in [2.45, 2.75) is 5.92 Å². The molecule has 60 valence electrons. The van der Waals surface area contributed by atoms with Gasteiger partial charge in [0.15, 0.2) is 5.75 Å². The van der Waals surface area contributed by atoms with Crippen LogP contribution >= 0.6 is 0 Å². The number of nitrogens with zero attached hydrogens (tertiary/aromatic N) is 1. The number of fused-ring (bicyclic) bond motifs is 1. The number of para-hydroxylation sites is 1. The van der Waals surface area contributed by atoms with Crippen LogP contribution in [-0.4, -0.2) is 6.61 Å². The molecule has 0 amide bonds. The van der Waals surface area contributed by atoms with E-state index in [1.165, 1.54) is 0 Å². The molecule has 0 spiro atoms. The lowest BCUT2D eigenvalue weighted by molar-refractivity contribution is -0.218. The van der Waals surface area contributed by atoms with Crippen LogP contribution in [-0.2, 0) is 4.89 Å². The van der Waals surface area contributed by atoms with Crippen LogP contribution < -0.4 is 4.89 Å². The zero-order valence-electron chi connectivity index (χ0n) is 6.36. The van der Waals surface area contributed by atoms with E-state index in [-0.39, 0.29) is 5.92 Å². The lowest BCUT2D eigenvalue weighted by atomic mass is 10.0. The summed E-state index contributed by atoms with van der Waals surface area (Å²) in [4.78, 5) is 9.68. The predicted octanol–water partition coefficient (Wildman–Crippen LogP) is 1.62. The highest BCUT2D eigenvalue weighted by Crippen LogP contribution is 2.30. The van der Waals surface area contributed by atoms with Gasteiger partial charge >= 0.3 is 0 Å². The van der Waals surface area contributed by atoms with Crippen LogP contribution in [0.3, 0.4) is 0 Å². The van der Waals surface area contributed by atoms with Crippen molar-refractivity contribution in [1.29, 1.82) is 5.26 Å². The molecule has 1 unspecified atom stereocenters. The lowest BCUT2D eigenvalue weighted by Gasteiger charge is -2.18. The number of rotatable bonds is 0. The van der Waals surface area contributed by atoms with Crippen molar-refractivity contribution in [3.8, 4) is 11.8 Å². The highest BCUT2D eigenvalue weighted by atomic mass is 17.2. The molecule has 1 aromatic rings. The van der Waals surface area contributed by atoms with Crippen LogP contribution in [0.5, 0.6) is 5.75 Å². The highest BCUT2D eigenvalue weighted by Gasteiger charge is 2.21. The van der Waals surface area contributed by atoms with Gasteiger partial charge in [-0.05, 0) is 6.07 Å². The molecule has 0 aliphatic carbocycles. The summed E-state index contributed by atoms with van der Waals surface area (Å²) in [6.45, 7) is 0.313. The Balaban J connectivity index is 2.45. The third-order valence-corrected chi connectivity index (χ3v) is 1.83. The van der Waals surface area contributed by atoms with Gasteiger partial charge in [0, 0.05) is 5.56 Å². The monoisotopic (exact) mass is 161 g/mol. The molecule has 1 atom stereocenters. The first-order valence-corrected chi connectivity index (χ1v) is 3.70. The summed E-state index contributed by atoms with van der Waals surface area (Å²) < 4.78 is 0. The molecule has 1 aromatic carbocycles. The van der Waals surface area contributed by atoms with Crippen molar-refractivity contribution < 1.29 is 9.78 Å². The maximum atomic E-state index is 8.75. The first kappa shape index (κ1) is 7.14. The molecule has 2 rings (SSSR count). The number of benzene rings is 1. The topological polar surface area (TPSA) is 42.2 Å². The van der Waals surface area contributed by atoms with E-state index in [0.29, 0.717) is 12.4 Å².